The Morgan fingerprint density at radius 1 is 1.40 bits per heavy atom. The van der Waals surface area contributed by atoms with E-state index in [4.69, 9.17) is 4.42 Å². The average Bonchev–Trinajstić information content (AvgIpc) is 2.76. The van der Waals surface area contributed by atoms with Crippen molar-refractivity contribution in [2.75, 3.05) is 0 Å². The van der Waals surface area contributed by atoms with Gasteiger partial charge in [0.15, 0.2) is 0 Å². The van der Waals surface area contributed by atoms with Gasteiger partial charge in [-0.2, -0.15) is 0 Å². The lowest BCUT2D eigenvalue weighted by molar-refractivity contribution is -0.00993. The van der Waals surface area contributed by atoms with Gasteiger partial charge in [0.25, 0.3) is 0 Å². The first-order valence-corrected chi connectivity index (χ1v) is 5.74. The molecule has 0 aliphatic carbocycles. The van der Waals surface area contributed by atoms with Crippen LogP contribution in [0.3, 0.4) is 0 Å². The minimum atomic E-state index is -0.547. The van der Waals surface area contributed by atoms with Gasteiger partial charge in [0.2, 0.25) is 0 Å². The summed E-state index contributed by atoms with van der Waals surface area (Å²) in [5, 5.41) is 14.1. The van der Waals surface area contributed by atoms with Gasteiger partial charge in [-0.25, -0.2) is 0 Å². The number of furan rings is 1. The van der Waals surface area contributed by atoms with Crippen LogP contribution in [-0.2, 0) is 6.42 Å². The van der Waals surface area contributed by atoms with Gasteiger partial charge in [0.1, 0.15) is 5.76 Å². The highest BCUT2D eigenvalue weighted by Crippen LogP contribution is 2.35. The maximum Gasteiger partial charge on any atom is 0.106 e. The number of hydrogen-bond acceptors (Lipinski definition) is 3. The van der Waals surface area contributed by atoms with Crippen LogP contribution in [0.5, 0.6) is 0 Å². The number of hydrogen-bond donors (Lipinski definition) is 2. The zero-order valence-electron chi connectivity index (χ0n) is 8.78. The lowest BCUT2D eigenvalue weighted by Crippen LogP contribution is -2.49. The summed E-state index contributed by atoms with van der Waals surface area (Å²) in [7, 11) is 0. The summed E-state index contributed by atoms with van der Waals surface area (Å²) < 4.78 is 5.31. The van der Waals surface area contributed by atoms with Crippen LogP contribution in [0.15, 0.2) is 22.8 Å². The van der Waals surface area contributed by atoms with Crippen LogP contribution in [0.1, 0.15) is 31.4 Å². The summed E-state index contributed by atoms with van der Waals surface area (Å²) in [5.74, 6) is 0.902. The largest absolute Gasteiger partial charge is 0.469 e. The van der Waals surface area contributed by atoms with Crippen molar-refractivity contribution in [3.63, 3.8) is 0 Å². The number of fused-ring (bicyclic) bond motifs is 2. The highest BCUT2D eigenvalue weighted by atomic mass is 16.3. The molecule has 3 rings (SSSR count). The number of rotatable bonds is 2. The molecule has 0 amide bonds. The number of nitrogens with one attached hydrogen (secondary N) is 1. The van der Waals surface area contributed by atoms with Crippen molar-refractivity contribution < 1.29 is 9.52 Å². The molecule has 2 atom stereocenters. The van der Waals surface area contributed by atoms with Crippen molar-refractivity contribution in [1.82, 2.24) is 5.32 Å². The molecule has 2 saturated heterocycles. The predicted molar refractivity (Wildman–Crippen MR) is 56.5 cm³/mol. The molecule has 2 N–H and O–H groups in total. The van der Waals surface area contributed by atoms with Gasteiger partial charge in [0.05, 0.1) is 11.9 Å². The molecular formula is C12H17NO2. The normalized spacial score (nSPS) is 39.5. The Balaban J connectivity index is 1.74. The maximum absolute atomic E-state index is 10.5. The predicted octanol–water partition coefficient (Wildman–Crippen LogP) is 1.47. The highest BCUT2D eigenvalue weighted by molar-refractivity contribution is 5.08. The Bertz CT molecular complexity index is 321. The van der Waals surface area contributed by atoms with Gasteiger partial charge in [-0.05, 0) is 37.8 Å². The van der Waals surface area contributed by atoms with Crippen LogP contribution in [0, 0.1) is 0 Å². The van der Waals surface area contributed by atoms with Crippen LogP contribution in [-0.4, -0.2) is 22.8 Å². The van der Waals surface area contributed by atoms with E-state index in [1.807, 2.05) is 12.1 Å². The van der Waals surface area contributed by atoms with E-state index in [-0.39, 0.29) is 0 Å². The van der Waals surface area contributed by atoms with E-state index in [9.17, 15) is 5.11 Å². The molecule has 82 valence electrons. The molecular weight excluding hydrogens is 190 g/mol. The first-order valence-electron chi connectivity index (χ1n) is 5.74. The lowest BCUT2D eigenvalue weighted by Gasteiger charge is -2.36. The number of aliphatic hydroxyl groups is 1. The molecule has 2 aliphatic heterocycles. The molecule has 2 fully saturated rings. The van der Waals surface area contributed by atoms with Gasteiger partial charge in [-0.3, -0.25) is 0 Å². The zero-order valence-corrected chi connectivity index (χ0v) is 8.78. The molecule has 0 saturated carbocycles. The monoisotopic (exact) mass is 207 g/mol. The van der Waals surface area contributed by atoms with Crippen molar-refractivity contribution in [3.05, 3.63) is 24.2 Å². The summed E-state index contributed by atoms with van der Waals surface area (Å²) in [5.41, 5.74) is -0.547. The third kappa shape index (κ3) is 1.82. The first kappa shape index (κ1) is 9.43. The van der Waals surface area contributed by atoms with Crippen LogP contribution < -0.4 is 5.32 Å². The van der Waals surface area contributed by atoms with Crippen molar-refractivity contribution in [2.45, 2.75) is 49.8 Å². The van der Waals surface area contributed by atoms with Gasteiger partial charge in [-0.1, -0.05) is 0 Å². The van der Waals surface area contributed by atoms with Crippen molar-refractivity contribution in [1.29, 1.82) is 0 Å². The molecule has 3 heterocycles. The lowest BCUT2D eigenvalue weighted by atomic mass is 9.84. The smallest absolute Gasteiger partial charge is 0.106 e. The van der Waals surface area contributed by atoms with Crippen LogP contribution in [0.25, 0.3) is 0 Å². The van der Waals surface area contributed by atoms with E-state index in [1.54, 1.807) is 6.26 Å². The zero-order chi connectivity index (χ0) is 10.3. The van der Waals surface area contributed by atoms with E-state index >= 15 is 0 Å². The van der Waals surface area contributed by atoms with Gasteiger partial charge < -0.3 is 14.8 Å². The fraction of sp³-hybridized carbons (Fsp3) is 0.667. The molecule has 3 nitrogen and oxygen atoms in total. The molecule has 0 spiro atoms. The van der Waals surface area contributed by atoms with Crippen LogP contribution in [0.2, 0.25) is 0 Å². The Morgan fingerprint density at radius 2 is 2.13 bits per heavy atom. The first-order chi connectivity index (χ1) is 7.23. The molecule has 2 bridgehead atoms. The molecule has 15 heavy (non-hydrogen) atoms. The second-order valence-corrected chi connectivity index (χ2v) is 5.03. The quantitative estimate of drug-likeness (QED) is 0.772. The molecule has 3 heteroatoms. The maximum atomic E-state index is 10.5. The third-order valence-electron chi connectivity index (χ3n) is 3.67. The van der Waals surface area contributed by atoms with Crippen LogP contribution >= 0.6 is 0 Å². The van der Waals surface area contributed by atoms with Crippen molar-refractivity contribution in [2.24, 2.45) is 0 Å². The van der Waals surface area contributed by atoms with E-state index in [1.165, 1.54) is 12.8 Å². The second-order valence-electron chi connectivity index (χ2n) is 5.03. The van der Waals surface area contributed by atoms with Gasteiger partial charge in [0, 0.05) is 18.5 Å². The second kappa shape index (κ2) is 3.35. The van der Waals surface area contributed by atoms with E-state index in [0.29, 0.717) is 18.5 Å². The Hall–Kier alpha value is -0.800. The van der Waals surface area contributed by atoms with E-state index in [2.05, 4.69) is 5.32 Å². The fourth-order valence-electron chi connectivity index (χ4n) is 3.11. The minimum absolute atomic E-state index is 0.517. The topological polar surface area (TPSA) is 45.4 Å². The Kier molecular flexibility index (Phi) is 2.11. The minimum Gasteiger partial charge on any atom is -0.469 e. The van der Waals surface area contributed by atoms with Gasteiger partial charge in [-0.15, -0.1) is 0 Å². The van der Waals surface area contributed by atoms with Gasteiger partial charge >= 0.3 is 0 Å². The third-order valence-corrected chi connectivity index (χ3v) is 3.67. The Labute approximate surface area is 89.5 Å². The summed E-state index contributed by atoms with van der Waals surface area (Å²) in [6.45, 7) is 0. The summed E-state index contributed by atoms with van der Waals surface area (Å²) >= 11 is 0. The summed E-state index contributed by atoms with van der Waals surface area (Å²) in [4.78, 5) is 0. The summed E-state index contributed by atoms with van der Waals surface area (Å²) in [6, 6.07) is 4.86. The van der Waals surface area contributed by atoms with Crippen LogP contribution in [0.4, 0.5) is 0 Å². The fourth-order valence-corrected chi connectivity index (χ4v) is 3.11. The standard InChI is InChI=1S/C12H17NO2/c14-12(8-11-2-1-5-15-11)6-9-3-4-10(7-12)13-9/h1-2,5,9-10,13-14H,3-4,6-8H2. The van der Waals surface area contributed by atoms with Crippen molar-refractivity contribution in [3.8, 4) is 0 Å². The molecule has 0 aromatic carbocycles. The SMILES string of the molecule is OC1(Cc2ccco2)CC2CCC(C1)N2. The molecule has 0 radical (unpaired) electrons. The molecule has 1 aromatic heterocycles. The average molecular weight is 207 g/mol. The Morgan fingerprint density at radius 3 is 2.73 bits per heavy atom. The molecule has 2 unspecified atom stereocenters. The summed E-state index contributed by atoms with van der Waals surface area (Å²) in [6.07, 6.45) is 6.49. The van der Waals surface area contributed by atoms with E-state index < -0.39 is 5.60 Å². The van der Waals surface area contributed by atoms with E-state index in [0.717, 1.165) is 18.6 Å². The molecule has 1 aromatic rings. The highest BCUT2D eigenvalue weighted by Gasteiger charge is 2.42. The molecule has 2 aliphatic rings. The van der Waals surface area contributed by atoms with Crippen molar-refractivity contribution >= 4 is 0 Å². The number of piperidine rings is 1.